The van der Waals surface area contributed by atoms with E-state index in [1.54, 1.807) is 0 Å². The van der Waals surface area contributed by atoms with Gasteiger partial charge in [-0.05, 0) is 57.7 Å². The Bertz CT molecular complexity index is 1170. The van der Waals surface area contributed by atoms with Crippen LogP contribution in [0.1, 0.15) is 63.9 Å². The van der Waals surface area contributed by atoms with E-state index >= 15 is 0 Å². The standard InChI is InChI=1S/C27H33F3N4O5/c1-18-21(9-4-2-3-5-12-31-13-15-32(16-14-31)25(36)19-7-6-8-19)26(37)33(24(18)35)20-10-11-23(34(38)39)22(17-20)27(28,29)30/h10-11,17,19H,2-9,12-16H2,1H3. The topological polar surface area (TPSA) is 104 Å². The number of benzene rings is 1. The maximum Gasteiger partial charge on any atom is 0.423 e. The van der Waals surface area contributed by atoms with Gasteiger partial charge < -0.3 is 4.90 Å². The van der Waals surface area contributed by atoms with Crippen LogP contribution in [-0.4, -0.2) is 65.2 Å². The number of anilines is 1. The molecule has 0 atom stereocenters. The van der Waals surface area contributed by atoms with Crippen molar-refractivity contribution in [1.29, 1.82) is 0 Å². The third-order valence-electron chi connectivity index (χ3n) is 7.97. The Hall–Kier alpha value is -3.28. The summed E-state index contributed by atoms with van der Waals surface area (Å²) in [5.74, 6) is -0.866. The van der Waals surface area contributed by atoms with Gasteiger partial charge in [-0.2, -0.15) is 13.2 Å². The lowest BCUT2D eigenvalue weighted by atomic mass is 9.84. The highest BCUT2D eigenvalue weighted by Gasteiger charge is 2.42. The summed E-state index contributed by atoms with van der Waals surface area (Å²) in [5, 5.41) is 11.0. The van der Waals surface area contributed by atoms with Crippen molar-refractivity contribution >= 4 is 29.1 Å². The van der Waals surface area contributed by atoms with Gasteiger partial charge in [-0.3, -0.25) is 29.4 Å². The van der Waals surface area contributed by atoms with Crippen LogP contribution in [0, 0.1) is 16.0 Å². The van der Waals surface area contributed by atoms with Crippen LogP contribution in [0.3, 0.4) is 0 Å². The molecule has 212 valence electrons. The first-order valence-corrected chi connectivity index (χ1v) is 13.4. The molecule has 0 unspecified atom stereocenters. The molecule has 1 saturated heterocycles. The van der Waals surface area contributed by atoms with Crippen molar-refractivity contribution in [3.63, 3.8) is 0 Å². The van der Waals surface area contributed by atoms with E-state index < -0.39 is 34.2 Å². The number of imide groups is 1. The Kier molecular flexibility index (Phi) is 8.73. The van der Waals surface area contributed by atoms with E-state index in [9.17, 15) is 37.7 Å². The molecule has 0 bridgehead atoms. The quantitative estimate of drug-likeness (QED) is 0.181. The van der Waals surface area contributed by atoms with Crippen LogP contribution >= 0.6 is 0 Å². The van der Waals surface area contributed by atoms with Crippen LogP contribution in [-0.2, 0) is 20.6 Å². The van der Waals surface area contributed by atoms with Crippen molar-refractivity contribution in [3.8, 4) is 0 Å². The average Bonchev–Trinajstić information content (AvgIpc) is 3.07. The molecule has 1 aromatic carbocycles. The number of nitro benzene ring substituents is 1. The number of carbonyl (C=O) groups is 3. The lowest BCUT2D eigenvalue weighted by Crippen LogP contribution is -2.51. The maximum absolute atomic E-state index is 13.4. The molecule has 12 heteroatoms. The largest absolute Gasteiger partial charge is 0.423 e. The van der Waals surface area contributed by atoms with Gasteiger partial charge in [-0.15, -0.1) is 0 Å². The molecule has 0 aromatic heterocycles. The van der Waals surface area contributed by atoms with Crippen LogP contribution in [0.2, 0.25) is 0 Å². The number of rotatable bonds is 10. The van der Waals surface area contributed by atoms with E-state index in [0.717, 1.165) is 77.3 Å². The molecule has 3 aliphatic rings. The number of nitro groups is 1. The van der Waals surface area contributed by atoms with Gasteiger partial charge >= 0.3 is 6.18 Å². The molecule has 1 aliphatic carbocycles. The molecule has 0 spiro atoms. The van der Waals surface area contributed by atoms with Crippen molar-refractivity contribution in [1.82, 2.24) is 9.80 Å². The number of unbranched alkanes of at least 4 members (excludes halogenated alkanes) is 3. The van der Waals surface area contributed by atoms with E-state index in [-0.39, 0.29) is 22.8 Å². The summed E-state index contributed by atoms with van der Waals surface area (Å²) in [5.41, 5.74) is -2.55. The molecule has 0 radical (unpaired) electrons. The van der Waals surface area contributed by atoms with E-state index in [0.29, 0.717) is 35.8 Å². The van der Waals surface area contributed by atoms with Gasteiger partial charge in [0.05, 0.1) is 10.6 Å². The van der Waals surface area contributed by atoms with Crippen LogP contribution < -0.4 is 4.90 Å². The fourth-order valence-corrected chi connectivity index (χ4v) is 5.36. The van der Waals surface area contributed by atoms with Crippen LogP contribution in [0.5, 0.6) is 0 Å². The Balaban J connectivity index is 1.23. The number of nitrogens with zero attached hydrogens (tertiary/aromatic N) is 4. The zero-order chi connectivity index (χ0) is 28.3. The third-order valence-corrected chi connectivity index (χ3v) is 7.97. The fraction of sp³-hybridized carbons (Fsp3) is 0.593. The normalized spacial score (nSPS) is 19.2. The molecular formula is C27H33F3N4O5. The Morgan fingerprint density at radius 3 is 2.28 bits per heavy atom. The minimum Gasteiger partial charge on any atom is -0.340 e. The molecule has 39 heavy (non-hydrogen) atoms. The van der Waals surface area contributed by atoms with Gasteiger partial charge in [0, 0.05) is 49.3 Å². The predicted molar refractivity (Wildman–Crippen MR) is 137 cm³/mol. The summed E-state index contributed by atoms with van der Waals surface area (Å²) in [6.45, 7) is 5.69. The number of amides is 3. The molecule has 1 saturated carbocycles. The maximum atomic E-state index is 13.4. The minimum absolute atomic E-state index is 0.182. The lowest BCUT2D eigenvalue weighted by Gasteiger charge is -2.38. The van der Waals surface area contributed by atoms with Gasteiger partial charge in [0.1, 0.15) is 5.56 Å². The molecule has 2 fully saturated rings. The average molecular weight is 551 g/mol. The number of hydrogen-bond acceptors (Lipinski definition) is 6. The first-order chi connectivity index (χ1) is 18.5. The second-order valence-electron chi connectivity index (χ2n) is 10.5. The number of carbonyl (C=O) groups excluding carboxylic acids is 3. The molecule has 3 amide bonds. The third kappa shape index (κ3) is 6.32. The van der Waals surface area contributed by atoms with Crippen LogP contribution in [0.15, 0.2) is 29.3 Å². The van der Waals surface area contributed by atoms with Crippen molar-refractivity contribution < 1.29 is 32.5 Å². The predicted octanol–water partition coefficient (Wildman–Crippen LogP) is 4.70. The van der Waals surface area contributed by atoms with Gasteiger partial charge in [-0.1, -0.05) is 19.3 Å². The second-order valence-corrected chi connectivity index (χ2v) is 10.5. The lowest BCUT2D eigenvalue weighted by molar-refractivity contribution is -0.388. The zero-order valence-electron chi connectivity index (χ0n) is 22.0. The molecule has 4 rings (SSSR count). The molecular weight excluding hydrogens is 517 g/mol. The SMILES string of the molecule is CC1=C(CCCCCCN2CCN(C(=O)C3CCC3)CC2)C(=O)N(c2ccc([N+](=O)[O-])c(C(F)(F)F)c2)C1=O. The summed E-state index contributed by atoms with van der Waals surface area (Å²) < 4.78 is 40.1. The summed E-state index contributed by atoms with van der Waals surface area (Å²) >= 11 is 0. The summed E-state index contributed by atoms with van der Waals surface area (Å²) in [6.07, 6.45) is 1.87. The van der Waals surface area contributed by atoms with Crippen molar-refractivity contribution in [2.75, 3.05) is 37.6 Å². The molecule has 2 heterocycles. The van der Waals surface area contributed by atoms with Crippen LogP contribution in [0.4, 0.5) is 24.5 Å². The summed E-state index contributed by atoms with van der Waals surface area (Å²) in [4.78, 5) is 53.0. The summed E-state index contributed by atoms with van der Waals surface area (Å²) in [7, 11) is 0. The van der Waals surface area contributed by atoms with Gasteiger partial charge in [-0.25, -0.2) is 4.90 Å². The van der Waals surface area contributed by atoms with Crippen molar-refractivity contribution in [3.05, 3.63) is 45.0 Å². The number of piperazine rings is 1. The number of hydrogen-bond donors (Lipinski definition) is 0. The zero-order valence-corrected chi connectivity index (χ0v) is 22.0. The van der Waals surface area contributed by atoms with E-state index in [2.05, 4.69) is 4.90 Å². The van der Waals surface area contributed by atoms with E-state index in [1.165, 1.54) is 6.92 Å². The monoisotopic (exact) mass is 550 g/mol. The minimum atomic E-state index is -5.02. The van der Waals surface area contributed by atoms with E-state index in [4.69, 9.17) is 0 Å². The van der Waals surface area contributed by atoms with Gasteiger partial charge in [0.2, 0.25) is 5.91 Å². The van der Waals surface area contributed by atoms with Crippen molar-refractivity contribution in [2.24, 2.45) is 5.92 Å². The van der Waals surface area contributed by atoms with Crippen LogP contribution in [0.25, 0.3) is 0 Å². The van der Waals surface area contributed by atoms with Crippen molar-refractivity contribution in [2.45, 2.75) is 64.5 Å². The highest BCUT2D eigenvalue weighted by molar-refractivity contribution is 6.32. The first kappa shape index (κ1) is 28.7. The first-order valence-electron chi connectivity index (χ1n) is 13.4. The van der Waals surface area contributed by atoms with Gasteiger partial charge in [0.25, 0.3) is 17.5 Å². The molecule has 9 nitrogen and oxygen atoms in total. The number of halogens is 3. The summed E-state index contributed by atoms with van der Waals surface area (Å²) in [6, 6.07) is 2.13. The fourth-order valence-electron chi connectivity index (χ4n) is 5.36. The highest BCUT2D eigenvalue weighted by atomic mass is 19.4. The Morgan fingerprint density at radius 1 is 1.03 bits per heavy atom. The molecule has 0 N–H and O–H groups in total. The Labute approximate surface area is 224 Å². The Morgan fingerprint density at radius 2 is 1.69 bits per heavy atom. The number of alkyl halides is 3. The highest BCUT2D eigenvalue weighted by Crippen LogP contribution is 2.40. The smallest absolute Gasteiger partial charge is 0.340 e. The van der Waals surface area contributed by atoms with Gasteiger partial charge in [0.15, 0.2) is 0 Å². The molecule has 2 aliphatic heterocycles. The second kappa shape index (κ2) is 11.8. The van der Waals surface area contributed by atoms with E-state index in [1.807, 2.05) is 4.90 Å². The molecule has 1 aromatic rings.